The van der Waals surface area contributed by atoms with E-state index in [0.717, 1.165) is 0 Å². The highest BCUT2D eigenvalue weighted by molar-refractivity contribution is 6.01. The molecular formula is C12H21N3O4. The second-order valence-electron chi connectivity index (χ2n) is 4.70. The number of carbonyl (C=O) groups is 3. The van der Waals surface area contributed by atoms with Crippen LogP contribution >= 0.6 is 0 Å². The second kappa shape index (κ2) is 7.20. The van der Waals surface area contributed by atoms with Crippen molar-refractivity contribution in [1.29, 1.82) is 0 Å². The lowest BCUT2D eigenvalue weighted by Crippen LogP contribution is -2.53. The molecule has 1 aliphatic heterocycles. The minimum atomic E-state index is -0.990. The summed E-state index contributed by atoms with van der Waals surface area (Å²) >= 11 is 0. The van der Waals surface area contributed by atoms with Crippen molar-refractivity contribution < 1.29 is 19.1 Å². The number of ether oxygens (including phenoxy) is 1. The summed E-state index contributed by atoms with van der Waals surface area (Å²) in [6, 6.07) is 0. The molecule has 4 N–H and O–H groups in total. The highest BCUT2D eigenvalue weighted by atomic mass is 16.5. The molecule has 1 saturated heterocycles. The third-order valence-electron chi connectivity index (χ3n) is 3.02. The summed E-state index contributed by atoms with van der Waals surface area (Å²) in [6.07, 6.45) is 1.67. The Morgan fingerprint density at radius 3 is 2.89 bits per heavy atom. The molecule has 0 saturated carbocycles. The van der Waals surface area contributed by atoms with Crippen molar-refractivity contribution in [2.45, 2.75) is 38.2 Å². The molecule has 0 bridgehead atoms. The van der Waals surface area contributed by atoms with Gasteiger partial charge in [0.25, 0.3) is 5.91 Å². The Hall–Kier alpha value is -1.47. The Balaban J connectivity index is 2.23. The Bertz CT molecular complexity index is 359. The summed E-state index contributed by atoms with van der Waals surface area (Å²) in [5.41, 5.74) is 4.31. The largest absolute Gasteiger partial charge is 0.364 e. The van der Waals surface area contributed by atoms with Crippen LogP contribution in [-0.4, -0.2) is 43.0 Å². The minimum Gasteiger partial charge on any atom is -0.364 e. The van der Waals surface area contributed by atoms with Gasteiger partial charge in [-0.2, -0.15) is 0 Å². The molecule has 1 heterocycles. The molecule has 1 unspecified atom stereocenters. The molecule has 7 nitrogen and oxygen atoms in total. The van der Waals surface area contributed by atoms with Gasteiger partial charge in [0.2, 0.25) is 11.8 Å². The number of carbonyl (C=O) groups excluding carboxylic acids is 3. The maximum Gasteiger partial charge on any atom is 0.258 e. The number of piperidine rings is 1. The molecule has 0 aromatic carbocycles. The van der Waals surface area contributed by atoms with Gasteiger partial charge in [0.1, 0.15) is 5.60 Å². The zero-order valence-corrected chi connectivity index (χ0v) is 11.2. The summed E-state index contributed by atoms with van der Waals surface area (Å²) in [5.74, 6) is -0.776. The van der Waals surface area contributed by atoms with Crippen LogP contribution in [0.3, 0.4) is 0 Å². The fourth-order valence-electron chi connectivity index (χ4n) is 1.74. The molecule has 19 heavy (non-hydrogen) atoms. The molecule has 1 aliphatic rings. The first-order chi connectivity index (χ1) is 8.98. The van der Waals surface area contributed by atoms with Crippen molar-refractivity contribution in [2.75, 3.05) is 19.7 Å². The van der Waals surface area contributed by atoms with Gasteiger partial charge < -0.3 is 15.8 Å². The standard InChI is InChI=1S/C12H21N3O4/c1-12(5-4-10(17)15-11(12)18)19-8-7-14-9(16)3-2-6-13/h2-8,13H2,1H3,(H,14,16)(H,15,17,18). The molecule has 0 aromatic rings. The predicted octanol–water partition coefficient (Wildman–Crippen LogP) is -0.947. The average molecular weight is 271 g/mol. The fraction of sp³-hybridized carbons (Fsp3) is 0.750. The van der Waals surface area contributed by atoms with E-state index in [2.05, 4.69) is 10.6 Å². The van der Waals surface area contributed by atoms with Gasteiger partial charge in [-0.25, -0.2) is 0 Å². The van der Waals surface area contributed by atoms with Gasteiger partial charge in [-0.05, 0) is 26.3 Å². The first-order valence-corrected chi connectivity index (χ1v) is 6.43. The third-order valence-corrected chi connectivity index (χ3v) is 3.02. The van der Waals surface area contributed by atoms with Gasteiger partial charge >= 0.3 is 0 Å². The topological polar surface area (TPSA) is 111 Å². The summed E-state index contributed by atoms with van der Waals surface area (Å²) in [6.45, 7) is 2.69. The van der Waals surface area contributed by atoms with E-state index < -0.39 is 11.5 Å². The molecule has 7 heteroatoms. The Kier molecular flexibility index (Phi) is 5.91. The van der Waals surface area contributed by atoms with E-state index in [4.69, 9.17) is 10.5 Å². The van der Waals surface area contributed by atoms with E-state index in [-0.39, 0.29) is 24.8 Å². The SMILES string of the molecule is CC1(OCCNC(=O)CCCN)CCC(=O)NC1=O. The Morgan fingerprint density at radius 2 is 2.26 bits per heavy atom. The van der Waals surface area contributed by atoms with Crippen LogP contribution in [0.15, 0.2) is 0 Å². The Morgan fingerprint density at radius 1 is 1.53 bits per heavy atom. The van der Waals surface area contributed by atoms with E-state index in [1.165, 1.54) is 0 Å². The lowest BCUT2D eigenvalue weighted by molar-refractivity contribution is -0.154. The van der Waals surface area contributed by atoms with Gasteiger partial charge in [-0.3, -0.25) is 19.7 Å². The number of rotatable bonds is 7. The number of nitrogens with one attached hydrogen (secondary N) is 2. The molecule has 0 aromatic heterocycles. The van der Waals surface area contributed by atoms with Gasteiger partial charge in [-0.15, -0.1) is 0 Å². The maximum atomic E-state index is 11.6. The van der Waals surface area contributed by atoms with E-state index >= 15 is 0 Å². The molecule has 1 atom stereocenters. The van der Waals surface area contributed by atoms with Gasteiger partial charge in [0.15, 0.2) is 0 Å². The van der Waals surface area contributed by atoms with E-state index in [9.17, 15) is 14.4 Å². The van der Waals surface area contributed by atoms with Gasteiger partial charge in [0.05, 0.1) is 6.61 Å². The normalized spacial score (nSPS) is 23.1. The summed E-state index contributed by atoms with van der Waals surface area (Å²) < 4.78 is 5.48. The molecule has 1 rings (SSSR count). The lowest BCUT2D eigenvalue weighted by Gasteiger charge is -2.31. The third kappa shape index (κ3) is 4.96. The van der Waals surface area contributed by atoms with Gasteiger partial charge in [-0.1, -0.05) is 0 Å². The first kappa shape index (κ1) is 15.6. The zero-order chi connectivity index (χ0) is 14.3. The van der Waals surface area contributed by atoms with Crippen molar-refractivity contribution in [2.24, 2.45) is 5.73 Å². The summed E-state index contributed by atoms with van der Waals surface area (Å²) in [7, 11) is 0. The van der Waals surface area contributed by atoms with Crippen LogP contribution < -0.4 is 16.4 Å². The second-order valence-corrected chi connectivity index (χ2v) is 4.70. The molecule has 1 fully saturated rings. The highest BCUT2D eigenvalue weighted by Crippen LogP contribution is 2.21. The average Bonchev–Trinajstić information content (AvgIpc) is 2.37. The summed E-state index contributed by atoms with van der Waals surface area (Å²) in [4.78, 5) is 34.0. The number of imide groups is 1. The minimum absolute atomic E-state index is 0.0810. The highest BCUT2D eigenvalue weighted by Gasteiger charge is 2.39. The molecule has 108 valence electrons. The number of hydrogen-bond acceptors (Lipinski definition) is 5. The molecular weight excluding hydrogens is 250 g/mol. The van der Waals surface area contributed by atoms with Crippen LogP contribution in [-0.2, 0) is 19.1 Å². The molecule has 0 spiro atoms. The smallest absolute Gasteiger partial charge is 0.258 e. The van der Waals surface area contributed by atoms with Crippen LogP contribution in [0.5, 0.6) is 0 Å². The number of nitrogens with two attached hydrogens (primary N) is 1. The van der Waals surface area contributed by atoms with E-state index in [1.54, 1.807) is 6.92 Å². The first-order valence-electron chi connectivity index (χ1n) is 6.43. The van der Waals surface area contributed by atoms with Crippen LogP contribution in [0, 0.1) is 0 Å². The number of hydrogen-bond donors (Lipinski definition) is 3. The van der Waals surface area contributed by atoms with E-state index in [1.807, 2.05) is 0 Å². The molecule has 0 radical (unpaired) electrons. The molecule has 3 amide bonds. The van der Waals surface area contributed by atoms with Crippen LogP contribution in [0.2, 0.25) is 0 Å². The fourth-order valence-corrected chi connectivity index (χ4v) is 1.74. The van der Waals surface area contributed by atoms with Crippen molar-refractivity contribution in [3.8, 4) is 0 Å². The number of amides is 3. The van der Waals surface area contributed by atoms with Crippen molar-refractivity contribution >= 4 is 17.7 Å². The van der Waals surface area contributed by atoms with Gasteiger partial charge in [0, 0.05) is 19.4 Å². The predicted molar refractivity (Wildman–Crippen MR) is 68.0 cm³/mol. The lowest BCUT2D eigenvalue weighted by atomic mass is 9.95. The van der Waals surface area contributed by atoms with Crippen LogP contribution in [0.1, 0.15) is 32.6 Å². The van der Waals surface area contributed by atoms with Crippen molar-refractivity contribution in [1.82, 2.24) is 10.6 Å². The van der Waals surface area contributed by atoms with Crippen LogP contribution in [0.25, 0.3) is 0 Å². The maximum absolute atomic E-state index is 11.6. The zero-order valence-electron chi connectivity index (χ0n) is 11.2. The summed E-state index contributed by atoms with van der Waals surface area (Å²) in [5, 5.41) is 4.92. The van der Waals surface area contributed by atoms with Crippen molar-refractivity contribution in [3.05, 3.63) is 0 Å². The monoisotopic (exact) mass is 271 g/mol. The quantitative estimate of drug-likeness (QED) is 0.408. The Labute approximate surface area is 112 Å². The van der Waals surface area contributed by atoms with E-state index in [0.29, 0.717) is 32.4 Å². The van der Waals surface area contributed by atoms with Crippen LogP contribution in [0.4, 0.5) is 0 Å². The molecule has 0 aliphatic carbocycles. The van der Waals surface area contributed by atoms with Crippen molar-refractivity contribution in [3.63, 3.8) is 0 Å².